The Balaban J connectivity index is 1.79. The third kappa shape index (κ3) is 3.03. The highest BCUT2D eigenvalue weighted by atomic mass is 35.5. The lowest BCUT2D eigenvalue weighted by Crippen LogP contribution is -2.19. The summed E-state index contributed by atoms with van der Waals surface area (Å²) in [7, 11) is 0. The predicted octanol–water partition coefficient (Wildman–Crippen LogP) is 4.28. The van der Waals surface area contributed by atoms with Crippen molar-refractivity contribution in [3.8, 4) is 10.6 Å². The van der Waals surface area contributed by atoms with Crippen molar-refractivity contribution in [1.82, 2.24) is 9.88 Å². The topological polar surface area (TPSA) is 16.1 Å². The van der Waals surface area contributed by atoms with Gasteiger partial charge >= 0.3 is 0 Å². The standard InChI is InChI=1S/C15H16ClFN2S/c16-8-13-10-20-15(18-13)11-3-4-12(14(17)7-11)9-19-5-1-2-6-19/h3-4,7,10H,1-2,5-6,8-9H2. The van der Waals surface area contributed by atoms with E-state index in [2.05, 4.69) is 9.88 Å². The van der Waals surface area contributed by atoms with Crippen LogP contribution in [0.4, 0.5) is 4.39 Å². The second-order valence-corrected chi connectivity index (χ2v) is 6.19. The highest BCUT2D eigenvalue weighted by molar-refractivity contribution is 7.13. The van der Waals surface area contributed by atoms with E-state index in [0.29, 0.717) is 12.4 Å². The van der Waals surface area contributed by atoms with Gasteiger partial charge < -0.3 is 0 Å². The summed E-state index contributed by atoms with van der Waals surface area (Å²) in [5.74, 6) is 0.253. The summed E-state index contributed by atoms with van der Waals surface area (Å²) in [6.45, 7) is 2.86. The van der Waals surface area contributed by atoms with Gasteiger partial charge in [-0.3, -0.25) is 4.90 Å². The molecular formula is C15H16ClFN2S. The van der Waals surface area contributed by atoms with Crippen LogP contribution in [0.5, 0.6) is 0 Å². The molecule has 0 aliphatic carbocycles. The molecule has 2 heterocycles. The van der Waals surface area contributed by atoms with Crippen molar-refractivity contribution in [3.63, 3.8) is 0 Å². The second-order valence-electron chi connectivity index (χ2n) is 5.07. The molecule has 1 aliphatic rings. The number of halogens is 2. The number of alkyl halides is 1. The van der Waals surface area contributed by atoms with Gasteiger partial charge in [0.25, 0.3) is 0 Å². The molecule has 0 unspecified atom stereocenters. The summed E-state index contributed by atoms with van der Waals surface area (Å²) in [5, 5.41) is 2.74. The van der Waals surface area contributed by atoms with E-state index in [-0.39, 0.29) is 5.82 Å². The van der Waals surface area contributed by atoms with E-state index < -0.39 is 0 Å². The van der Waals surface area contributed by atoms with Crippen LogP contribution in [0.25, 0.3) is 10.6 Å². The Kier molecular flexibility index (Phi) is 4.34. The maximum absolute atomic E-state index is 14.2. The molecule has 1 fully saturated rings. The average Bonchev–Trinajstić information content (AvgIpc) is 3.12. The molecule has 0 saturated carbocycles. The Morgan fingerprint density at radius 1 is 1.30 bits per heavy atom. The van der Waals surface area contributed by atoms with Crippen LogP contribution >= 0.6 is 22.9 Å². The highest BCUT2D eigenvalue weighted by Crippen LogP contribution is 2.26. The highest BCUT2D eigenvalue weighted by Gasteiger charge is 2.15. The van der Waals surface area contributed by atoms with Crippen molar-refractivity contribution < 1.29 is 4.39 Å². The minimum absolute atomic E-state index is 0.142. The fourth-order valence-electron chi connectivity index (χ4n) is 2.49. The van der Waals surface area contributed by atoms with Crippen molar-refractivity contribution in [2.24, 2.45) is 0 Å². The molecule has 0 N–H and O–H groups in total. The van der Waals surface area contributed by atoms with E-state index in [4.69, 9.17) is 11.6 Å². The monoisotopic (exact) mass is 310 g/mol. The lowest BCUT2D eigenvalue weighted by Gasteiger charge is -2.15. The number of hydrogen-bond donors (Lipinski definition) is 0. The van der Waals surface area contributed by atoms with Crippen LogP contribution in [0, 0.1) is 5.82 Å². The maximum Gasteiger partial charge on any atom is 0.128 e. The van der Waals surface area contributed by atoms with Crippen LogP contribution in [0.15, 0.2) is 23.6 Å². The molecule has 5 heteroatoms. The predicted molar refractivity (Wildman–Crippen MR) is 81.6 cm³/mol. The fourth-order valence-corrected chi connectivity index (χ4v) is 3.54. The summed E-state index contributed by atoms with van der Waals surface area (Å²) >= 11 is 7.25. The number of hydrogen-bond acceptors (Lipinski definition) is 3. The van der Waals surface area contributed by atoms with Gasteiger partial charge in [0, 0.05) is 23.1 Å². The van der Waals surface area contributed by atoms with E-state index >= 15 is 0 Å². The Hall–Kier alpha value is -0.970. The Morgan fingerprint density at radius 2 is 2.10 bits per heavy atom. The molecule has 2 nitrogen and oxygen atoms in total. The van der Waals surface area contributed by atoms with Crippen molar-refractivity contribution in [2.75, 3.05) is 13.1 Å². The maximum atomic E-state index is 14.2. The largest absolute Gasteiger partial charge is 0.299 e. The first-order chi connectivity index (χ1) is 9.76. The number of aromatic nitrogens is 1. The fraction of sp³-hybridized carbons (Fsp3) is 0.400. The molecule has 0 bridgehead atoms. The van der Waals surface area contributed by atoms with Crippen LogP contribution in [-0.4, -0.2) is 23.0 Å². The first kappa shape index (κ1) is 14.0. The van der Waals surface area contributed by atoms with E-state index in [1.165, 1.54) is 24.2 Å². The number of thiazole rings is 1. The van der Waals surface area contributed by atoms with E-state index in [9.17, 15) is 4.39 Å². The molecule has 1 aromatic carbocycles. The SMILES string of the molecule is Fc1cc(-c2nc(CCl)cs2)ccc1CN1CCCC1. The van der Waals surface area contributed by atoms with Crippen LogP contribution in [-0.2, 0) is 12.4 Å². The zero-order chi connectivity index (χ0) is 13.9. The van der Waals surface area contributed by atoms with Gasteiger partial charge in [-0.05, 0) is 32.0 Å². The minimum Gasteiger partial charge on any atom is -0.299 e. The Labute approximate surface area is 127 Å². The summed E-state index contributed by atoms with van der Waals surface area (Å²) in [6.07, 6.45) is 2.44. The lowest BCUT2D eigenvalue weighted by molar-refractivity contribution is 0.325. The van der Waals surface area contributed by atoms with Crippen LogP contribution < -0.4 is 0 Å². The number of rotatable bonds is 4. The van der Waals surface area contributed by atoms with Crippen LogP contribution in [0.3, 0.4) is 0 Å². The van der Waals surface area contributed by atoms with Gasteiger partial charge in [0.2, 0.25) is 0 Å². The number of benzene rings is 1. The molecule has 0 amide bonds. The molecule has 1 aromatic heterocycles. The van der Waals surface area contributed by atoms with E-state index in [1.54, 1.807) is 6.07 Å². The van der Waals surface area contributed by atoms with Gasteiger partial charge in [-0.1, -0.05) is 12.1 Å². The minimum atomic E-state index is -0.142. The summed E-state index contributed by atoms with van der Waals surface area (Å²) in [5.41, 5.74) is 2.44. The van der Waals surface area contributed by atoms with Gasteiger partial charge in [0.1, 0.15) is 10.8 Å². The molecule has 0 radical (unpaired) electrons. The van der Waals surface area contributed by atoms with Gasteiger partial charge in [0.15, 0.2) is 0 Å². The summed E-state index contributed by atoms with van der Waals surface area (Å²) in [4.78, 5) is 6.68. The Bertz CT molecular complexity index is 593. The summed E-state index contributed by atoms with van der Waals surface area (Å²) in [6, 6.07) is 5.42. The quantitative estimate of drug-likeness (QED) is 0.783. The van der Waals surface area contributed by atoms with Gasteiger partial charge in [0.05, 0.1) is 11.6 Å². The van der Waals surface area contributed by atoms with E-state index in [1.807, 2.05) is 17.5 Å². The number of likely N-dealkylation sites (tertiary alicyclic amines) is 1. The average molecular weight is 311 g/mol. The lowest BCUT2D eigenvalue weighted by atomic mass is 10.1. The molecule has 3 rings (SSSR count). The van der Waals surface area contributed by atoms with E-state index in [0.717, 1.165) is 34.9 Å². The normalized spacial score (nSPS) is 15.9. The first-order valence-electron chi connectivity index (χ1n) is 6.78. The molecule has 2 aromatic rings. The zero-order valence-electron chi connectivity index (χ0n) is 11.1. The van der Waals surface area contributed by atoms with Crippen molar-refractivity contribution in [2.45, 2.75) is 25.3 Å². The molecule has 1 saturated heterocycles. The summed E-state index contributed by atoms with van der Waals surface area (Å²) < 4.78 is 14.2. The van der Waals surface area contributed by atoms with Crippen molar-refractivity contribution in [1.29, 1.82) is 0 Å². The number of nitrogens with zero attached hydrogens (tertiary/aromatic N) is 2. The van der Waals surface area contributed by atoms with Gasteiger partial charge in [-0.15, -0.1) is 22.9 Å². The van der Waals surface area contributed by atoms with Crippen molar-refractivity contribution in [3.05, 3.63) is 40.7 Å². The first-order valence-corrected chi connectivity index (χ1v) is 8.19. The second kappa shape index (κ2) is 6.20. The van der Waals surface area contributed by atoms with Crippen LogP contribution in [0.1, 0.15) is 24.1 Å². The molecular weight excluding hydrogens is 295 g/mol. The molecule has 0 spiro atoms. The zero-order valence-corrected chi connectivity index (χ0v) is 12.7. The molecule has 106 valence electrons. The molecule has 20 heavy (non-hydrogen) atoms. The van der Waals surface area contributed by atoms with Crippen LogP contribution in [0.2, 0.25) is 0 Å². The third-order valence-electron chi connectivity index (χ3n) is 3.58. The van der Waals surface area contributed by atoms with Gasteiger partial charge in [-0.2, -0.15) is 0 Å². The Morgan fingerprint density at radius 3 is 2.75 bits per heavy atom. The third-order valence-corrected chi connectivity index (χ3v) is 4.80. The van der Waals surface area contributed by atoms with Gasteiger partial charge in [-0.25, -0.2) is 9.37 Å². The molecule has 0 atom stereocenters. The molecule has 1 aliphatic heterocycles. The van der Waals surface area contributed by atoms with Crippen molar-refractivity contribution >= 4 is 22.9 Å². The smallest absolute Gasteiger partial charge is 0.128 e.